The van der Waals surface area contributed by atoms with E-state index >= 15 is 0 Å². The molecule has 2 aromatic rings. The molecule has 0 spiro atoms. The van der Waals surface area contributed by atoms with Crippen molar-refractivity contribution in [3.63, 3.8) is 0 Å². The summed E-state index contributed by atoms with van der Waals surface area (Å²) in [4.78, 5) is 4.96. The first-order valence-corrected chi connectivity index (χ1v) is 25.6. The number of hydrogen-bond acceptors (Lipinski definition) is 4. The Morgan fingerprint density at radius 1 is 0.606 bits per heavy atom. The Bertz CT molecular complexity index is 822. The predicted octanol–water partition coefficient (Wildman–Crippen LogP) is 7.00. The molecule has 0 bridgehead atoms. The average molecular weight is 622 g/mol. The maximum absolute atomic E-state index is 6.14. The SMILES string of the molecule is S=C([S][Sn]([CH2]c1ccccc1)([CH2]c1ccccc1)[S]C(=S)N1CCCCC1)N1CCCCC1. The molecule has 0 N–H and O–H groups in total. The number of thiocarbonyl (C=S) groups is 2. The summed E-state index contributed by atoms with van der Waals surface area (Å²) in [6.45, 7) is 4.47. The molecule has 2 aliphatic rings. The fourth-order valence-electron chi connectivity index (χ4n) is 4.64. The van der Waals surface area contributed by atoms with Gasteiger partial charge >= 0.3 is 222 Å². The van der Waals surface area contributed by atoms with Crippen LogP contribution in [0, 0.1) is 0 Å². The zero-order valence-electron chi connectivity index (χ0n) is 19.3. The normalized spacial score (nSPS) is 17.1. The molecule has 4 rings (SSSR count). The summed E-state index contributed by atoms with van der Waals surface area (Å²) < 4.78 is 4.54. The average Bonchev–Trinajstić information content (AvgIpc) is 2.86. The summed E-state index contributed by atoms with van der Waals surface area (Å²) in [5.74, 6) is 0. The minimum atomic E-state index is -3.09. The number of piperidine rings is 2. The van der Waals surface area contributed by atoms with E-state index in [1.807, 2.05) is 0 Å². The first kappa shape index (κ1) is 25.8. The van der Waals surface area contributed by atoms with Crippen LogP contribution in [0.3, 0.4) is 0 Å². The Kier molecular flexibility index (Phi) is 10.3. The summed E-state index contributed by atoms with van der Waals surface area (Å²) in [7, 11) is 4.19. The van der Waals surface area contributed by atoms with Gasteiger partial charge in [-0.3, -0.25) is 0 Å². The third-order valence-corrected chi connectivity index (χ3v) is 33.9. The number of nitrogens with zero attached hydrogens (tertiary/aromatic N) is 2. The molecule has 0 aromatic heterocycles. The van der Waals surface area contributed by atoms with Gasteiger partial charge < -0.3 is 0 Å². The van der Waals surface area contributed by atoms with Gasteiger partial charge in [-0.25, -0.2) is 0 Å². The summed E-state index contributed by atoms with van der Waals surface area (Å²) >= 11 is 9.18. The van der Waals surface area contributed by atoms with E-state index in [2.05, 4.69) is 88.4 Å². The summed E-state index contributed by atoms with van der Waals surface area (Å²) in [5, 5.41) is 0. The van der Waals surface area contributed by atoms with Crippen LogP contribution in [0.5, 0.6) is 0 Å². The van der Waals surface area contributed by atoms with Crippen LogP contribution >= 0.6 is 42.3 Å². The number of hydrogen-bond donors (Lipinski definition) is 0. The Balaban J connectivity index is 1.64. The van der Waals surface area contributed by atoms with Crippen LogP contribution in [0.2, 0.25) is 0 Å². The van der Waals surface area contributed by atoms with Gasteiger partial charge in [0.2, 0.25) is 0 Å². The number of benzene rings is 2. The molecule has 2 aromatic carbocycles. The van der Waals surface area contributed by atoms with Crippen molar-refractivity contribution in [2.75, 3.05) is 26.2 Å². The first-order chi connectivity index (χ1) is 16.1. The summed E-state index contributed by atoms with van der Waals surface area (Å²) in [5.41, 5.74) is 2.87. The van der Waals surface area contributed by atoms with Crippen molar-refractivity contribution in [1.82, 2.24) is 9.80 Å². The van der Waals surface area contributed by atoms with E-state index in [4.69, 9.17) is 24.4 Å². The third-order valence-electron chi connectivity index (χ3n) is 6.41. The van der Waals surface area contributed by atoms with Crippen molar-refractivity contribution in [3.05, 3.63) is 71.8 Å². The van der Waals surface area contributed by atoms with Gasteiger partial charge in [-0.15, -0.1) is 0 Å². The van der Waals surface area contributed by atoms with Crippen molar-refractivity contribution in [1.29, 1.82) is 0 Å². The van der Waals surface area contributed by atoms with Gasteiger partial charge in [0, 0.05) is 0 Å². The Labute approximate surface area is 220 Å². The van der Waals surface area contributed by atoms with Gasteiger partial charge in [0.1, 0.15) is 0 Å². The molecular weight excluding hydrogens is 587 g/mol. The van der Waals surface area contributed by atoms with E-state index in [0.717, 1.165) is 43.7 Å². The van der Waals surface area contributed by atoms with Gasteiger partial charge in [0.05, 0.1) is 0 Å². The van der Waals surface area contributed by atoms with Crippen molar-refractivity contribution in [2.45, 2.75) is 47.4 Å². The molecule has 33 heavy (non-hydrogen) atoms. The van der Waals surface area contributed by atoms with Gasteiger partial charge in [-0.05, 0) is 0 Å². The molecule has 2 saturated heterocycles. The Morgan fingerprint density at radius 3 is 1.33 bits per heavy atom. The second kappa shape index (κ2) is 13.1. The molecule has 2 nitrogen and oxygen atoms in total. The molecule has 7 heteroatoms. The molecule has 0 radical (unpaired) electrons. The van der Waals surface area contributed by atoms with Gasteiger partial charge in [-0.2, -0.15) is 0 Å². The quantitative estimate of drug-likeness (QED) is 0.252. The van der Waals surface area contributed by atoms with E-state index in [1.165, 1.54) is 49.7 Å². The molecular formula is C26H34N2S4Sn. The topological polar surface area (TPSA) is 6.48 Å². The van der Waals surface area contributed by atoms with Crippen molar-refractivity contribution in [2.24, 2.45) is 0 Å². The third kappa shape index (κ3) is 7.86. The van der Waals surface area contributed by atoms with Crippen LogP contribution in [0.15, 0.2) is 60.7 Å². The molecule has 0 amide bonds. The van der Waals surface area contributed by atoms with Crippen LogP contribution in [-0.2, 0) is 8.87 Å². The molecule has 0 atom stereocenters. The van der Waals surface area contributed by atoms with Crippen LogP contribution in [-0.4, -0.2) is 60.2 Å². The second-order valence-corrected chi connectivity index (χ2v) is 34.5. The van der Waals surface area contributed by atoms with Gasteiger partial charge in [0.25, 0.3) is 0 Å². The van der Waals surface area contributed by atoms with Crippen molar-refractivity contribution in [3.8, 4) is 0 Å². The van der Waals surface area contributed by atoms with Crippen LogP contribution in [0.25, 0.3) is 0 Å². The molecule has 2 fully saturated rings. The Hall–Kier alpha value is -0.281. The van der Waals surface area contributed by atoms with E-state index in [-0.39, 0.29) is 0 Å². The summed E-state index contributed by atoms with van der Waals surface area (Å²) in [6.07, 6.45) is 7.72. The van der Waals surface area contributed by atoms with Crippen LogP contribution in [0.1, 0.15) is 49.7 Å². The number of likely N-dealkylation sites (tertiary alicyclic amines) is 2. The Morgan fingerprint density at radius 2 is 0.970 bits per heavy atom. The van der Waals surface area contributed by atoms with Gasteiger partial charge in [-0.1, -0.05) is 0 Å². The van der Waals surface area contributed by atoms with Crippen LogP contribution in [0.4, 0.5) is 0 Å². The monoisotopic (exact) mass is 622 g/mol. The zero-order valence-corrected chi connectivity index (χ0v) is 25.4. The minimum absolute atomic E-state index is 1.12. The van der Waals surface area contributed by atoms with E-state index < -0.39 is 15.6 Å². The standard InChI is InChI=1S/2C7H7.2C6H11NS2.Sn/c2*1-7-5-3-2-4-6-7;2*8-6(9)7-4-2-1-3-5-7;/h2*2-6H,1H2;2*1-5H2,(H,8,9);/q;;;;+2/p-2. The fourth-order valence-corrected chi connectivity index (χ4v) is 39.4. The van der Waals surface area contributed by atoms with Gasteiger partial charge in [0.15, 0.2) is 0 Å². The number of rotatable bonds is 6. The van der Waals surface area contributed by atoms with E-state index in [1.54, 1.807) is 0 Å². The zero-order chi connectivity index (χ0) is 22.9. The van der Waals surface area contributed by atoms with Crippen LogP contribution < -0.4 is 0 Å². The molecule has 2 aliphatic heterocycles. The first-order valence-electron chi connectivity index (χ1n) is 12.2. The van der Waals surface area contributed by atoms with E-state index in [0.29, 0.717) is 0 Å². The summed E-state index contributed by atoms with van der Waals surface area (Å²) in [6, 6.07) is 22.1. The molecule has 2 heterocycles. The molecule has 0 unspecified atom stereocenters. The molecule has 0 saturated carbocycles. The van der Waals surface area contributed by atoms with E-state index in [9.17, 15) is 0 Å². The fraction of sp³-hybridized carbons (Fsp3) is 0.462. The van der Waals surface area contributed by atoms with Crippen molar-refractivity contribution < 1.29 is 0 Å². The maximum atomic E-state index is 6.14. The molecule has 176 valence electrons. The predicted molar refractivity (Wildman–Crippen MR) is 157 cm³/mol. The molecule has 0 aliphatic carbocycles. The second-order valence-electron chi connectivity index (χ2n) is 9.07. The van der Waals surface area contributed by atoms with Crippen molar-refractivity contribution >= 4 is 66.6 Å².